The van der Waals surface area contributed by atoms with Crippen molar-refractivity contribution in [2.75, 3.05) is 37.4 Å². The highest BCUT2D eigenvalue weighted by Gasteiger charge is 2.21. The number of hydrogen-bond donors (Lipinski definition) is 1. The van der Waals surface area contributed by atoms with Gasteiger partial charge in [-0.2, -0.15) is 12.7 Å². The molecule has 0 aliphatic heterocycles. The smallest absolute Gasteiger partial charge is 0.303 e. The van der Waals surface area contributed by atoms with Crippen LogP contribution in [0.3, 0.4) is 0 Å². The molecule has 7 nitrogen and oxygen atoms in total. The van der Waals surface area contributed by atoms with Crippen molar-refractivity contribution in [2.45, 2.75) is 0 Å². The number of ether oxygens (including phenoxy) is 1. The van der Waals surface area contributed by atoms with E-state index in [1.54, 1.807) is 54.6 Å². The van der Waals surface area contributed by atoms with E-state index in [0.717, 1.165) is 8.61 Å². The number of carbonyl (C=O) groups excluding carboxylic acids is 1. The minimum atomic E-state index is -3.58. The molecule has 0 atom stereocenters. The minimum absolute atomic E-state index is 0.305. The lowest BCUT2D eigenvalue weighted by Gasteiger charge is -2.23. The van der Waals surface area contributed by atoms with Crippen LogP contribution < -0.4 is 14.4 Å². The summed E-state index contributed by atoms with van der Waals surface area (Å²) in [6.07, 6.45) is 1.64. The first-order valence-electron chi connectivity index (χ1n) is 8.17. The van der Waals surface area contributed by atoms with Crippen LogP contribution in [0.15, 0.2) is 61.2 Å². The second-order valence-corrected chi connectivity index (χ2v) is 8.06. The molecule has 0 aliphatic carbocycles. The largest absolute Gasteiger partial charge is 0.489 e. The zero-order valence-electron chi connectivity index (χ0n) is 15.5. The van der Waals surface area contributed by atoms with Crippen LogP contribution in [-0.2, 0) is 10.2 Å². The first-order valence-corrected chi connectivity index (χ1v) is 9.57. The number of benzene rings is 2. The van der Waals surface area contributed by atoms with Gasteiger partial charge >= 0.3 is 10.2 Å². The maximum atomic E-state index is 12.4. The number of carbonyl (C=O) groups is 1. The Morgan fingerprint density at radius 3 is 2.41 bits per heavy atom. The lowest BCUT2D eigenvalue weighted by molar-refractivity contribution is 0.102. The van der Waals surface area contributed by atoms with Gasteiger partial charge in [0.15, 0.2) is 0 Å². The summed E-state index contributed by atoms with van der Waals surface area (Å²) in [5.74, 6) is 0.319. The third-order valence-electron chi connectivity index (χ3n) is 3.76. The van der Waals surface area contributed by atoms with Gasteiger partial charge in [0.2, 0.25) is 0 Å². The number of rotatable bonds is 8. The highest BCUT2D eigenvalue weighted by molar-refractivity contribution is 7.90. The average Bonchev–Trinajstić information content (AvgIpc) is 2.66. The van der Waals surface area contributed by atoms with Gasteiger partial charge in [0.1, 0.15) is 12.4 Å². The summed E-state index contributed by atoms with van der Waals surface area (Å²) in [4.78, 5) is 12.4. The molecule has 8 heteroatoms. The second-order valence-electron chi connectivity index (χ2n) is 5.89. The van der Waals surface area contributed by atoms with Crippen LogP contribution in [0.25, 0.3) is 0 Å². The van der Waals surface area contributed by atoms with Crippen LogP contribution in [-0.4, -0.2) is 46.4 Å². The standard InChI is InChI=1S/C19H23N3O4S/c1-5-13-26-18-8-6-7-16(14-18)20-19(23)15-9-11-17(12-10-15)22(4)27(24,25)21(2)3/h5-12,14H,1,13H2,2-4H3,(H,20,23). The molecule has 0 radical (unpaired) electrons. The Morgan fingerprint density at radius 2 is 1.81 bits per heavy atom. The molecule has 1 amide bonds. The second kappa shape index (κ2) is 8.70. The van der Waals surface area contributed by atoms with Gasteiger partial charge in [-0.05, 0) is 36.4 Å². The quantitative estimate of drug-likeness (QED) is 0.704. The fraction of sp³-hybridized carbons (Fsp3) is 0.211. The van der Waals surface area contributed by atoms with E-state index in [0.29, 0.717) is 29.3 Å². The lowest BCUT2D eigenvalue weighted by Crippen LogP contribution is -2.37. The SMILES string of the molecule is C=CCOc1cccc(NC(=O)c2ccc(N(C)S(=O)(=O)N(C)C)cc2)c1. The van der Waals surface area contributed by atoms with Crippen LogP contribution in [0.4, 0.5) is 11.4 Å². The summed E-state index contributed by atoms with van der Waals surface area (Å²) in [5.41, 5.74) is 1.46. The summed E-state index contributed by atoms with van der Waals surface area (Å²) in [6.45, 7) is 3.97. The van der Waals surface area contributed by atoms with Crippen LogP contribution in [0, 0.1) is 0 Å². The zero-order valence-corrected chi connectivity index (χ0v) is 16.4. The summed E-state index contributed by atoms with van der Waals surface area (Å²) < 4.78 is 32.0. The van der Waals surface area contributed by atoms with Crippen molar-refractivity contribution in [3.05, 3.63) is 66.7 Å². The maximum absolute atomic E-state index is 12.4. The Balaban J connectivity index is 2.11. The van der Waals surface area contributed by atoms with E-state index in [2.05, 4.69) is 11.9 Å². The summed E-state index contributed by atoms with van der Waals surface area (Å²) >= 11 is 0. The van der Waals surface area contributed by atoms with Gasteiger partial charge in [0, 0.05) is 38.5 Å². The van der Waals surface area contributed by atoms with Crippen molar-refractivity contribution in [3.8, 4) is 5.75 Å². The molecule has 0 aromatic heterocycles. The van der Waals surface area contributed by atoms with Crippen molar-refractivity contribution in [1.29, 1.82) is 0 Å². The van der Waals surface area contributed by atoms with Crippen molar-refractivity contribution in [3.63, 3.8) is 0 Å². The van der Waals surface area contributed by atoms with Crippen LogP contribution in [0.5, 0.6) is 5.75 Å². The summed E-state index contributed by atoms with van der Waals surface area (Å²) in [7, 11) is 0.796. The van der Waals surface area contributed by atoms with Gasteiger partial charge in [-0.25, -0.2) is 0 Å². The molecule has 1 N–H and O–H groups in total. The third-order valence-corrected chi connectivity index (χ3v) is 5.59. The Labute approximate surface area is 160 Å². The Hall–Kier alpha value is -2.84. The van der Waals surface area contributed by atoms with Gasteiger partial charge < -0.3 is 10.1 Å². The highest BCUT2D eigenvalue weighted by atomic mass is 32.2. The molecule has 2 aromatic carbocycles. The van der Waals surface area contributed by atoms with Crippen molar-refractivity contribution >= 4 is 27.5 Å². The van der Waals surface area contributed by atoms with Gasteiger partial charge in [0.05, 0.1) is 5.69 Å². The molecule has 0 saturated carbocycles. The van der Waals surface area contributed by atoms with E-state index in [9.17, 15) is 13.2 Å². The molecule has 2 rings (SSSR count). The molecule has 0 bridgehead atoms. The predicted molar refractivity (Wildman–Crippen MR) is 108 cm³/mol. The Bertz CT molecular complexity index is 909. The third kappa shape index (κ3) is 5.08. The van der Waals surface area contributed by atoms with E-state index in [-0.39, 0.29) is 5.91 Å². The Kier molecular flexibility index (Phi) is 6.59. The van der Waals surface area contributed by atoms with Crippen molar-refractivity contribution < 1.29 is 17.9 Å². The summed E-state index contributed by atoms with van der Waals surface area (Å²) in [5, 5.41) is 2.79. The fourth-order valence-corrected chi connectivity index (χ4v) is 3.10. The molecule has 0 heterocycles. The zero-order chi connectivity index (χ0) is 20.0. The normalized spacial score (nSPS) is 11.1. The molecule has 27 heavy (non-hydrogen) atoms. The first kappa shape index (κ1) is 20.5. The molecular weight excluding hydrogens is 366 g/mol. The van der Waals surface area contributed by atoms with Gasteiger partial charge in [-0.3, -0.25) is 9.10 Å². The van der Waals surface area contributed by atoms with E-state index in [1.165, 1.54) is 21.1 Å². The number of nitrogens with one attached hydrogen (secondary N) is 1. The molecule has 0 saturated heterocycles. The first-order chi connectivity index (χ1) is 12.8. The average molecular weight is 389 g/mol. The molecule has 0 unspecified atom stereocenters. The monoisotopic (exact) mass is 389 g/mol. The molecule has 0 aliphatic rings. The predicted octanol–water partition coefficient (Wildman–Crippen LogP) is 2.75. The molecular formula is C19H23N3O4S. The number of nitrogens with zero attached hydrogens (tertiary/aromatic N) is 2. The van der Waals surface area contributed by atoms with Crippen LogP contribution >= 0.6 is 0 Å². The van der Waals surface area contributed by atoms with E-state index in [1.807, 2.05) is 0 Å². The lowest BCUT2D eigenvalue weighted by atomic mass is 10.2. The molecule has 0 fully saturated rings. The van der Waals surface area contributed by atoms with E-state index in [4.69, 9.17) is 4.74 Å². The van der Waals surface area contributed by atoms with Gasteiger partial charge in [-0.1, -0.05) is 18.7 Å². The molecule has 0 spiro atoms. The fourth-order valence-electron chi connectivity index (χ4n) is 2.22. The topological polar surface area (TPSA) is 79.0 Å². The Morgan fingerprint density at radius 1 is 1.15 bits per heavy atom. The van der Waals surface area contributed by atoms with Gasteiger partial charge in [-0.15, -0.1) is 0 Å². The van der Waals surface area contributed by atoms with Gasteiger partial charge in [0.25, 0.3) is 5.91 Å². The molecule has 144 valence electrons. The number of amides is 1. The highest BCUT2D eigenvalue weighted by Crippen LogP contribution is 2.20. The summed E-state index contributed by atoms with van der Waals surface area (Å²) in [6, 6.07) is 13.3. The van der Waals surface area contributed by atoms with E-state index < -0.39 is 10.2 Å². The van der Waals surface area contributed by atoms with Crippen LogP contribution in [0.2, 0.25) is 0 Å². The number of anilines is 2. The van der Waals surface area contributed by atoms with E-state index >= 15 is 0 Å². The maximum Gasteiger partial charge on any atom is 0.303 e. The van der Waals surface area contributed by atoms with Crippen molar-refractivity contribution in [1.82, 2.24) is 4.31 Å². The molecule has 2 aromatic rings. The van der Waals surface area contributed by atoms with Crippen LogP contribution in [0.1, 0.15) is 10.4 Å². The number of hydrogen-bond acceptors (Lipinski definition) is 4. The van der Waals surface area contributed by atoms with Crippen molar-refractivity contribution in [2.24, 2.45) is 0 Å². The minimum Gasteiger partial charge on any atom is -0.489 e.